The quantitative estimate of drug-likeness (QED) is 0.414. The van der Waals surface area contributed by atoms with Gasteiger partial charge in [0.2, 0.25) is 5.91 Å². The summed E-state index contributed by atoms with van der Waals surface area (Å²) in [6.45, 7) is 3.19. The molecule has 0 atom stereocenters. The van der Waals surface area contributed by atoms with E-state index in [0.717, 1.165) is 31.7 Å². The topological polar surface area (TPSA) is 23.6 Å². The second-order valence-electron chi connectivity index (χ2n) is 7.71. The van der Waals surface area contributed by atoms with E-state index >= 15 is 0 Å². The van der Waals surface area contributed by atoms with Crippen LogP contribution in [0.15, 0.2) is 109 Å². The minimum atomic E-state index is 0.0772. The van der Waals surface area contributed by atoms with E-state index < -0.39 is 0 Å². The van der Waals surface area contributed by atoms with E-state index in [0.29, 0.717) is 0 Å². The molecule has 0 aliphatic carbocycles. The van der Waals surface area contributed by atoms with E-state index in [9.17, 15) is 4.79 Å². The Morgan fingerprint density at radius 1 is 0.677 bits per heavy atom. The van der Waals surface area contributed by atoms with Crippen LogP contribution in [0.4, 0.5) is 0 Å². The molecule has 1 fully saturated rings. The van der Waals surface area contributed by atoms with Crippen LogP contribution in [-0.4, -0.2) is 41.9 Å². The van der Waals surface area contributed by atoms with E-state index in [-0.39, 0.29) is 11.9 Å². The zero-order chi connectivity index (χ0) is 21.3. The predicted octanol–water partition coefficient (Wildman–Crippen LogP) is 5.19. The standard InChI is InChI=1S/C28H28N2O/c31-27(19-11-10-14-24-12-4-1-5-13-24)29-20-22-30(23-21-29)28(25-15-6-2-7-16-25)26-17-8-3-9-18-26/h1-19,28H,20-23H2/b14-10+,19-11+. The first-order chi connectivity index (χ1) is 15.3. The Hall–Kier alpha value is -3.43. The number of allylic oxidation sites excluding steroid dienone is 2. The maximum atomic E-state index is 12.6. The third-order valence-corrected chi connectivity index (χ3v) is 5.66. The second kappa shape index (κ2) is 10.6. The molecular weight excluding hydrogens is 380 g/mol. The Morgan fingerprint density at radius 2 is 1.19 bits per heavy atom. The van der Waals surface area contributed by atoms with Gasteiger partial charge < -0.3 is 4.90 Å². The van der Waals surface area contributed by atoms with Crippen molar-refractivity contribution in [3.05, 3.63) is 126 Å². The van der Waals surface area contributed by atoms with Crippen LogP contribution in [0, 0.1) is 0 Å². The lowest BCUT2D eigenvalue weighted by Crippen LogP contribution is -2.49. The van der Waals surface area contributed by atoms with Crippen LogP contribution in [0.1, 0.15) is 22.7 Å². The van der Waals surface area contributed by atoms with Crippen molar-refractivity contribution >= 4 is 12.0 Å². The molecule has 0 radical (unpaired) electrons. The number of rotatable bonds is 6. The third kappa shape index (κ3) is 5.59. The fourth-order valence-electron chi connectivity index (χ4n) is 4.06. The molecule has 3 aromatic rings. The van der Waals surface area contributed by atoms with Crippen LogP contribution >= 0.6 is 0 Å². The summed E-state index contributed by atoms with van der Waals surface area (Å²) in [6, 6.07) is 31.6. The van der Waals surface area contributed by atoms with E-state index in [2.05, 4.69) is 65.6 Å². The molecule has 0 saturated carbocycles. The Bertz CT molecular complexity index is 965. The van der Waals surface area contributed by atoms with Crippen molar-refractivity contribution in [2.45, 2.75) is 6.04 Å². The van der Waals surface area contributed by atoms with Crippen molar-refractivity contribution in [3.63, 3.8) is 0 Å². The zero-order valence-electron chi connectivity index (χ0n) is 17.7. The van der Waals surface area contributed by atoms with Crippen LogP contribution in [-0.2, 0) is 4.79 Å². The molecule has 1 saturated heterocycles. The lowest BCUT2D eigenvalue weighted by atomic mass is 9.96. The number of carbonyl (C=O) groups excluding carboxylic acids is 1. The number of benzene rings is 3. The van der Waals surface area contributed by atoms with Crippen LogP contribution in [0.25, 0.3) is 6.08 Å². The van der Waals surface area contributed by atoms with Crippen molar-refractivity contribution in [1.82, 2.24) is 9.80 Å². The van der Waals surface area contributed by atoms with Crippen molar-refractivity contribution in [2.24, 2.45) is 0 Å². The molecule has 3 heteroatoms. The van der Waals surface area contributed by atoms with Crippen molar-refractivity contribution in [1.29, 1.82) is 0 Å². The maximum Gasteiger partial charge on any atom is 0.246 e. The number of piperazine rings is 1. The lowest BCUT2D eigenvalue weighted by molar-refractivity contribution is -0.127. The number of carbonyl (C=O) groups is 1. The van der Waals surface area contributed by atoms with Crippen LogP contribution < -0.4 is 0 Å². The molecule has 0 spiro atoms. The largest absolute Gasteiger partial charge is 0.337 e. The summed E-state index contributed by atoms with van der Waals surface area (Å²) in [5, 5.41) is 0. The molecule has 0 unspecified atom stereocenters. The number of nitrogens with zero attached hydrogens (tertiary/aromatic N) is 2. The highest BCUT2D eigenvalue weighted by Crippen LogP contribution is 2.29. The molecule has 0 aromatic heterocycles. The van der Waals surface area contributed by atoms with E-state index in [1.54, 1.807) is 6.08 Å². The molecular formula is C28H28N2O. The zero-order valence-corrected chi connectivity index (χ0v) is 17.7. The fourth-order valence-corrected chi connectivity index (χ4v) is 4.06. The third-order valence-electron chi connectivity index (χ3n) is 5.66. The molecule has 3 nitrogen and oxygen atoms in total. The molecule has 4 rings (SSSR count). The molecule has 1 heterocycles. The van der Waals surface area contributed by atoms with Crippen molar-refractivity contribution < 1.29 is 4.79 Å². The maximum absolute atomic E-state index is 12.6. The van der Waals surface area contributed by atoms with Crippen molar-refractivity contribution in [3.8, 4) is 0 Å². The smallest absolute Gasteiger partial charge is 0.246 e. The Labute approximate surface area is 184 Å². The average molecular weight is 409 g/mol. The summed E-state index contributed by atoms with van der Waals surface area (Å²) in [4.78, 5) is 17.0. The predicted molar refractivity (Wildman–Crippen MR) is 127 cm³/mol. The summed E-state index contributed by atoms with van der Waals surface area (Å²) in [5.41, 5.74) is 3.71. The molecule has 3 aromatic carbocycles. The number of hydrogen-bond acceptors (Lipinski definition) is 2. The first kappa shape index (κ1) is 20.8. The first-order valence-corrected chi connectivity index (χ1v) is 10.8. The number of hydrogen-bond donors (Lipinski definition) is 0. The fraction of sp³-hybridized carbons (Fsp3) is 0.179. The summed E-state index contributed by atoms with van der Waals surface area (Å²) in [5.74, 6) is 0.0772. The highest BCUT2D eigenvalue weighted by Gasteiger charge is 2.27. The van der Waals surface area contributed by atoms with Gasteiger partial charge in [-0.05, 0) is 16.7 Å². The average Bonchev–Trinajstić information content (AvgIpc) is 2.84. The normalized spacial score (nSPS) is 15.2. The molecule has 1 aliphatic rings. The summed E-state index contributed by atoms with van der Waals surface area (Å²) < 4.78 is 0. The second-order valence-corrected chi connectivity index (χ2v) is 7.71. The first-order valence-electron chi connectivity index (χ1n) is 10.8. The van der Waals surface area contributed by atoms with Gasteiger partial charge >= 0.3 is 0 Å². The van der Waals surface area contributed by atoms with E-state index in [1.807, 2.05) is 53.5 Å². The van der Waals surface area contributed by atoms with Gasteiger partial charge in [-0.2, -0.15) is 0 Å². The Morgan fingerprint density at radius 3 is 1.74 bits per heavy atom. The molecule has 156 valence electrons. The highest BCUT2D eigenvalue weighted by atomic mass is 16.2. The van der Waals surface area contributed by atoms with E-state index in [1.165, 1.54) is 11.1 Å². The van der Waals surface area contributed by atoms with Gasteiger partial charge in [0, 0.05) is 32.3 Å². The minimum Gasteiger partial charge on any atom is -0.337 e. The van der Waals surface area contributed by atoms with Crippen LogP contribution in [0.3, 0.4) is 0 Å². The van der Waals surface area contributed by atoms with Crippen LogP contribution in [0.2, 0.25) is 0 Å². The van der Waals surface area contributed by atoms with Gasteiger partial charge in [0.05, 0.1) is 6.04 Å². The van der Waals surface area contributed by atoms with Gasteiger partial charge in [0.25, 0.3) is 0 Å². The number of amides is 1. The highest BCUT2D eigenvalue weighted by molar-refractivity contribution is 5.88. The molecule has 1 amide bonds. The summed E-state index contributed by atoms with van der Waals surface area (Å²) >= 11 is 0. The van der Waals surface area contributed by atoms with Crippen LogP contribution in [0.5, 0.6) is 0 Å². The molecule has 1 aliphatic heterocycles. The lowest BCUT2D eigenvalue weighted by Gasteiger charge is -2.39. The van der Waals surface area contributed by atoms with E-state index in [4.69, 9.17) is 0 Å². The Kier molecular flexibility index (Phi) is 7.09. The van der Waals surface area contributed by atoms with Gasteiger partial charge in [-0.15, -0.1) is 0 Å². The molecule has 31 heavy (non-hydrogen) atoms. The molecule has 0 N–H and O–H groups in total. The SMILES string of the molecule is O=C(/C=C/C=C/c1ccccc1)N1CCN(C(c2ccccc2)c2ccccc2)CC1. The summed E-state index contributed by atoms with van der Waals surface area (Å²) in [6.07, 6.45) is 7.43. The minimum absolute atomic E-state index is 0.0772. The summed E-state index contributed by atoms with van der Waals surface area (Å²) in [7, 11) is 0. The van der Waals surface area contributed by atoms with Crippen molar-refractivity contribution in [2.75, 3.05) is 26.2 Å². The van der Waals surface area contributed by atoms with Gasteiger partial charge in [-0.25, -0.2) is 0 Å². The van der Waals surface area contributed by atoms with Gasteiger partial charge in [-0.1, -0.05) is 109 Å². The van der Waals surface area contributed by atoms with Gasteiger partial charge in [0.1, 0.15) is 0 Å². The monoisotopic (exact) mass is 408 g/mol. The van der Waals surface area contributed by atoms with Gasteiger partial charge in [0.15, 0.2) is 0 Å². The molecule has 0 bridgehead atoms. The van der Waals surface area contributed by atoms with Gasteiger partial charge in [-0.3, -0.25) is 9.69 Å². The Balaban J connectivity index is 1.38.